The van der Waals surface area contributed by atoms with Crippen LogP contribution < -0.4 is 10.6 Å². The van der Waals surface area contributed by atoms with E-state index in [0.717, 1.165) is 34.8 Å². The van der Waals surface area contributed by atoms with E-state index in [1.165, 1.54) is 11.3 Å². The highest BCUT2D eigenvalue weighted by molar-refractivity contribution is 7.13. The SMILES string of the molecule is Cc1ccc(NC(=O)N2CCCC(c3nnc(C(=O)Nc4ccccc4)s3)C2)cc1. The van der Waals surface area contributed by atoms with Crippen LogP contribution in [0.4, 0.5) is 16.2 Å². The summed E-state index contributed by atoms with van der Waals surface area (Å²) in [4.78, 5) is 26.9. The molecule has 0 spiro atoms. The van der Waals surface area contributed by atoms with Gasteiger partial charge in [0.2, 0.25) is 5.01 Å². The van der Waals surface area contributed by atoms with Crippen molar-refractivity contribution >= 4 is 34.6 Å². The maximum Gasteiger partial charge on any atom is 0.321 e. The van der Waals surface area contributed by atoms with E-state index in [0.29, 0.717) is 18.1 Å². The van der Waals surface area contributed by atoms with Crippen LogP contribution in [-0.2, 0) is 0 Å². The van der Waals surface area contributed by atoms with Crippen molar-refractivity contribution in [1.29, 1.82) is 0 Å². The number of para-hydroxylation sites is 1. The predicted octanol–water partition coefficient (Wildman–Crippen LogP) is 4.51. The minimum absolute atomic E-state index is 0.0818. The van der Waals surface area contributed by atoms with Gasteiger partial charge in [0, 0.05) is 30.4 Å². The molecule has 1 unspecified atom stereocenters. The molecule has 154 valence electrons. The van der Waals surface area contributed by atoms with Crippen molar-refractivity contribution in [3.05, 3.63) is 70.2 Å². The molecule has 3 aromatic rings. The van der Waals surface area contributed by atoms with Gasteiger partial charge in [0.25, 0.3) is 5.91 Å². The number of hydrogen-bond donors (Lipinski definition) is 2. The van der Waals surface area contributed by atoms with Crippen LogP contribution in [0.1, 0.15) is 39.1 Å². The Labute approximate surface area is 179 Å². The van der Waals surface area contributed by atoms with Crippen LogP contribution in [-0.4, -0.2) is 40.1 Å². The number of nitrogens with zero attached hydrogens (tertiary/aromatic N) is 3. The Morgan fingerprint density at radius 2 is 1.73 bits per heavy atom. The number of amides is 3. The van der Waals surface area contributed by atoms with Gasteiger partial charge >= 0.3 is 6.03 Å². The van der Waals surface area contributed by atoms with E-state index in [4.69, 9.17) is 0 Å². The second kappa shape index (κ2) is 9.04. The van der Waals surface area contributed by atoms with E-state index >= 15 is 0 Å². The van der Waals surface area contributed by atoms with Crippen LogP contribution in [0.2, 0.25) is 0 Å². The second-order valence-corrected chi connectivity index (χ2v) is 8.36. The maximum absolute atomic E-state index is 12.7. The average molecular weight is 422 g/mol. The summed E-state index contributed by atoms with van der Waals surface area (Å²) in [5, 5.41) is 15.2. The number of benzene rings is 2. The van der Waals surface area contributed by atoms with Gasteiger partial charge in [0.05, 0.1) is 0 Å². The lowest BCUT2D eigenvalue weighted by atomic mass is 9.99. The zero-order valence-corrected chi connectivity index (χ0v) is 17.5. The molecule has 2 N–H and O–H groups in total. The summed E-state index contributed by atoms with van der Waals surface area (Å²) in [6.45, 7) is 3.28. The van der Waals surface area contributed by atoms with Crippen molar-refractivity contribution in [2.75, 3.05) is 23.7 Å². The monoisotopic (exact) mass is 421 g/mol. The number of piperidine rings is 1. The molecule has 1 aromatic heterocycles. The number of likely N-dealkylation sites (tertiary alicyclic amines) is 1. The Kier molecular flexibility index (Phi) is 6.04. The van der Waals surface area contributed by atoms with Gasteiger partial charge in [0.1, 0.15) is 5.01 Å². The molecular formula is C22H23N5O2S. The number of carbonyl (C=O) groups is 2. The predicted molar refractivity (Wildman–Crippen MR) is 118 cm³/mol. The molecule has 8 heteroatoms. The standard InChI is InChI=1S/C22H23N5O2S/c1-15-9-11-18(12-10-15)24-22(29)27-13-5-6-16(14-27)20-25-26-21(30-20)19(28)23-17-7-3-2-4-8-17/h2-4,7-12,16H,5-6,13-14H2,1H3,(H,23,28)(H,24,29). The topological polar surface area (TPSA) is 87.2 Å². The fraction of sp³-hybridized carbons (Fsp3) is 0.273. The highest BCUT2D eigenvalue weighted by Crippen LogP contribution is 2.29. The number of aryl methyl sites for hydroxylation is 1. The molecule has 1 saturated heterocycles. The van der Waals surface area contributed by atoms with Crippen molar-refractivity contribution in [2.24, 2.45) is 0 Å². The van der Waals surface area contributed by atoms with E-state index in [-0.39, 0.29) is 17.9 Å². The van der Waals surface area contributed by atoms with E-state index in [9.17, 15) is 9.59 Å². The number of nitrogens with one attached hydrogen (secondary N) is 2. The molecule has 30 heavy (non-hydrogen) atoms. The van der Waals surface area contributed by atoms with Crippen LogP contribution >= 0.6 is 11.3 Å². The lowest BCUT2D eigenvalue weighted by Crippen LogP contribution is -2.41. The van der Waals surface area contributed by atoms with E-state index in [2.05, 4.69) is 20.8 Å². The van der Waals surface area contributed by atoms with Crippen molar-refractivity contribution in [3.63, 3.8) is 0 Å². The fourth-order valence-corrected chi connectivity index (χ4v) is 4.26. The Morgan fingerprint density at radius 3 is 2.50 bits per heavy atom. The van der Waals surface area contributed by atoms with Crippen LogP contribution in [0, 0.1) is 6.92 Å². The molecule has 1 aliphatic heterocycles. The Bertz CT molecular complexity index is 1020. The van der Waals surface area contributed by atoms with Gasteiger partial charge in [-0.2, -0.15) is 0 Å². The first-order chi connectivity index (χ1) is 14.6. The summed E-state index contributed by atoms with van der Waals surface area (Å²) in [6, 6.07) is 16.9. The molecule has 4 rings (SSSR count). The summed E-state index contributed by atoms with van der Waals surface area (Å²) in [6.07, 6.45) is 1.81. The third-order valence-corrected chi connectivity index (χ3v) is 6.11. The molecule has 1 atom stereocenters. The smallest absolute Gasteiger partial charge is 0.321 e. The number of anilines is 2. The van der Waals surface area contributed by atoms with Gasteiger partial charge in [0.15, 0.2) is 0 Å². The van der Waals surface area contributed by atoms with Crippen LogP contribution in [0.5, 0.6) is 0 Å². The lowest BCUT2D eigenvalue weighted by Gasteiger charge is -2.31. The summed E-state index contributed by atoms with van der Waals surface area (Å²) in [5.74, 6) is -0.187. The van der Waals surface area contributed by atoms with Gasteiger partial charge in [-0.1, -0.05) is 47.2 Å². The van der Waals surface area contributed by atoms with Crippen LogP contribution in [0.15, 0.2) is 54.6 Å². The lowest BCUT2D eigenvalue weighted by molar-refractivity contribution is 0.102. The van der Waals surface area contributed by atoms with Gasteiger partial charge in [-0.05, 0) is 44.0 Å². The van der Waals surface area contributed by atoms with Crippen LogP contribution in [0.25, 0.3) is 0 Å². The first-order valence-corrected chi connectivity index (χ1v) is 10.7. The molecule has 1 aliphatic rings. The first-order valence-electron chi connectivity index (χ1n) is 9.91. The third-order valence-electron chi connectivity index (χ3n) is 5.03. The zero-order chi connectivity index (χ0) is 20.9. The maximum atomic E-state index is 12.7. The Morgan fingerprint density at radius 1 is 1.00 bits per heavy atom. The summed E-state index contributed by atoms with van der Waals surface area (Å²) >= 11 is 1.29. The fourth-order valence-electron chi connectivity index (χ4n) is 3.40. The quantitative estimate of drug-likeness (QED) is 0.649. The van der Waals surface area contributed by atoms with Gasteiger partial charge in [-0.3, -0.25) is 4.79 Å². The number of carbonyl (C=O) groups excluding carboxylic acids is 2. The number of rotatable bonds is 4. The molecule has 0 radical (unpaired) electrons. The normalized spacial score (nSPS) is 16.2. The number of urea groups is 1. The molecular weight excluding hydrogens is 398 g/mol. The number of hydrogen-bond acceptors (Lipinski definition) is 5. The van der Waals surface area contributed by atoms with E-state index in [1.54, 1.807) is 4.90 Å². The molecule has 0 aliphatic carbocycles. The Hall–Kier alpha value is -3.26. The highest BCUT2D eigenvalue weighted by Gasteiger charge is 2.28. The minimum Gasteiger partial charge on any atom is -0.324 e. The average Bonchev–Trinajstić information content (AvgIpc) is 3.27. The Balaban J connectivity index is 1.38. The molecule has 0 bridgehead atoms. The van der Waals surface area contributed by atoms with Crippen molar-refractivity contribution in [2.45, 2.75) is 25.7 Å². The highest BCUT2D eigenvalue weighted by atomic mass is 32.1. The first kappa shape index (κ1) is 20.0. The van der Waals surface area contributed by atoms with E-state index < -0.39 is 0 Å². The van der Waals surface area contributed by atoms with Crippen molar-refractivity contribution < 1.29 is 9.59 Å². The van der Waals surface area contributed by atoms with Crippen molar-refractivity contribution in [3.8, 4) is 0 Å². The molecule has 1 fully saturated rings. The summed E-state index contributed by atoms with van der Waals surface area (Å²) in [7, 11) is 0. The van der Waals surface area contributed by atoms with Gasteiger partial charge in [-0.15, -0.1) is 10.2 Å². The van der Waals surface area contributed by atoms with Crippen LogP contribution in [0.3, 0.4) is 0 Å². The second-order valence-electron chi connectivity index (χ2n) is 7.35. The largest absolute Gasteiger partial charge is 0.324 e. The van der Waals surface area contributed by atoms with Crippen molar-refractivity contribution in [1.82, 2.24) is 15.1 Å². The molecule has 2 aromatic carbocycles. The molecule has 0 saturated carbocycles. The van der Waals surface area contributed by atoms with Gasteiger partial charge in [-0.25, -0.2) is 4.79 Å². The molecule has 3 amide bonds. The molecule has 7 nitrogen and oxygen atoms in total. The zero-order valence-electron chi connectivity index (χ0n) is 16.7. The van der Waals surface area contributed by atoms with Gasteiger partial charge < -0.3 is 15.5 Å². The van der Waals surface area contributed by atoms with E-state index in [1.807, 2.05) is 61.5 Å². The third kappa shape index (κ3) is 4.83. The molecule has 2 heterocycles. The number of aromatic nitrogens is 2. The summed E-state index contributed by atoms with van der Waals surface area (Å²) < 4.78 is 0. The summed E-state index contributed by atoms with van der Waals surface area (Å²) in [5.41, 5.74) is 2.65. The minimum atomic E-state index is -0.269.